The summed E-state index contributed by atoms with van der Waals surface area (Å²) in [6.45, 7) is 0.139. The zero-order valence-corrected chi connectivity index (χ0v) is 24.8. The molecule has 2 aromatic heterocycles. The number of benzene rings is 2. The molecule has 4 N–H and O–H groups in total. The average molecular weight is 660 g/mol. The van der Waals surface area contributed by atoms with Gasteiger partial charge >= 0.3 is 6.03 Å². The van der Waals surface area contributed by atoms with E-state index in [0.717, 1.165) is 29.2 Å². The minimum absolute atomic E-state index is 0.0475. The van der Waals surface area contributed by atoms with Crippen molar-refractivity contribution in [3.05, 3.63) is 81.1 Å². The summed E-state index contributed by atoms with van der Waals surface area (Å²) < 4.78 is 55.4. The predicted octanol–water partition coefficient (Wildman–Crippen LogP) is 6.82. The normalized spacial score (nSPS) is 12.3. The molecule has 17 heteroatoms. The number of nitrogens with one attached hydrogen (secondary N) is 2. The highest BCUT2D eigenvalue weighted by atomic mass is 35.5. The number of carbonyl (C=O) groups excluding carboxylic acids is 1. The van der Waals surface area contributed by atoms with Crippen LogP contribution in [-0.2, 0) is 13.1 Å². The molecule has 4 aromatic rings. The van der Waals surface area contributed by atoms with Gasteiger partial charge in [0.05, 0.1) is 12.1 Å². The lowest BCUT2D eigenvalue weighted by Gasteiger charge is -2.29. The van der Waals surface area contributed by atoms with Gasteiger partial charge in [0.2, 0.25) is 0 Å². The Kier molecular flexibility index (Phi) is 10.3. The monoisotopic (exact) mass is 658 g/mol. The molecular formula is C25H20Cl2F4N8OS2. The van der Waals surface area contributed by atoms with Gasteiger partial charge in [0, 0.05) is 12.1 Å². The van der Waals surface area contributed by atoms with E-state index in [2.05, 4.69) is 30.6 Å². The molecule has 0 fully saturated rings. The summed E-state index contributed by atoms with van der Waals surface area (Å²) in [5, 5.41) is 6.08. The van der Waals surface area contributed by atoms with Crippen molar-refractivity contribution in [2.45, 2.75) is 23.4 Å². The average Bonchev–Trinajstić information content (AvgIpc) is 2.96. The molecular weight excluding hydrogens is 639 g/mol. The van der Waals surface area contributed by atoms with Crippen LogP contribution >= 0.6 is 46.7 Å². The number of nitrogens with zero attached hydrogens (tertiary/aromatic N) is 5. The molecule has 0 saturated heterocycles. The fourth-order valence-electron chi connectivity index (χ4n) is 3.65. The lowest BCUT2D eigenvalue weighted by Crippen LogP contribution is -2.43. The first kappa shape index (κ1) is 31.6. The first-order valence-electron chi connectivity index (χ1n) is 11.7. The Balaban J connectivity index is 0.000000194. The van der Waals surface area contributed by atoms with E-state index in [1.165, 1.54) is 35.7 Å². The van der Waals surface area contributed by atoms with Gasteiger partial charge in [-0.05, 0) is 36.8 Å². The van der Waals surface area contributed by atoms with Crippen LogP contribution in [0.5, 0.6) is 0 Å². The largest absolute Gasteiger partial charge is 0.335 e. The van der Waals surface area contributed by atoms with E-state index in [4.69, 9.17) is 28.9 Å². The molecule has 42 heavy (non-hydrogen) atoms. The van der Waals surface area contributed by atoms with Gasteiger partial charge in [-0.1, -0.05) is 58.9 Å². The first-order valence-corrected chi connectivity index (χ1v) is 14.9. The molecule has 0 spiro atoms. The van der Waals surface area contributed by atoms with Gasteiger partial charge in [0.1, 0.15) is 50.8 Å². The lowest BCUT2D eigenvalue weighted by molar-refractivity contribution is 0.246. The van der Waals surface area contributed by atoms with Gasteiger partial charge in [-0.3, -0.25) is 0 Å². The second-order valence-corrected chi connectivity index (χ2v) is 10.4. The molecule has 2 amide bonds. The number of fused-ring (bicyclic) bond motifs is 1. The summed E-state index contributed by atoms with van der Waals surface area (Å²) in [5.41, 5.74) is 5.57. The van der Waals surface area contributed by atoms with E-state index in [0.29, 0.717) is 21.4 Å². The molecule has 0 aliphatic carbocycles. The van der Waals surface area contributed by atoms with Crippen molar-refractivity contribution < 1.29 is 22.4 Å². The number of para-hydroxylation sites is 2. The fraction of sp³-hybridized carbons (Fsp3) is 0.160. The zero-order valence-electron chi connectivity index (χ0n) is 21.7. The molecule has 5 rings (SSSR count). The van der Waals surface area contributed by atoms with E-state index in [1.807, 2.05) is 0 Å². The maximum Gasteiger partial charge on any atom is 0.328 e. The number of nitrogens with two attached hydrogens (primary N) is 1. The third kappa shape index (κ3) is 6.65. The molecule has 0 atom stereocenters. The maximum absolute atomic E-state index is 14.0. The van der Waals surface area contributed by atoms with Crippen LogP contribution in [0.4, 0.5) is 45.4 Å². The minimum Gasteiger partial charge on any atom is -0.335 e. The Labute approximate surface area is 255 Å². The number of rotatable bonds is 6. The summed E-state index contributed by atoms with van der Waals surface area (Å²) in [5.74, 6) is -2.92. The summed E-state index contributed by atoms with van der Waals surface area (Å²) in [4.78, 5) is 29.4. The van der Waals surface area contributed by atoms with Gasteiger partial charge in [0.15, 0.2) is 16.1 Å². The number of hydrogen-bond donors (Lipinski definition) is 3. The van der Waals surface area contributed by atoms with Crippen molar-refractivity contribution in [3.63, 3.8) is 0 Å². The lowest BCUT2D eigenvalue weighted by atomic mass is 10.2. The van der Waals surface area contributed by atoms with Crippen molar-refractivity contribution in [1.29, 1.82) is 0 Å². The molecule has 1 aliphatic heterocycles. The quantitative estimate of drug-likeness (QED) is 0.0886. The molecule has 0 unspecified atom stereocenters. The Morgan fingerprint density at radius 2 is 1.45 bits per heavy atom. The Morgan fingerprint density at radius 1 is 0.905 bits per heavy atom. The number of amides is 2. The van der Waals surface area contributed by atoms with Crippen LogP contribution in [0.25, 0.3) is 0 Å². The topological polar surface area (TPSA) is 122 Å². The number of thioether (sulfide) groups is 2. The number of urea groups is 1. The number of halogens is 6. The SMILES string of the molecule is CSc1nc(Cl)c(CN)c(Nc2c(F)cccc2F)n1.CSc1nc(Cl)c2c(n1)N(c1c(F)cccc1F)C(=O)NC2. The van der Waals surface area contributed by atoms with Crippen molar-refractivity contribution in [2.24, 2.45) is 5.73 Å². The van der Waals surface area contributed by atoms with Crippen molar-refractivity contribution in [1.82, 2.24) is 25.3 Å². The highest BCUT2D eigenvalue weighted by Crippen LogP contribution is 2.37. The van der Waals surface area contributed by atoms with Crippen LogP contribution in [0, 0.1) is 23.3 Å². The summed E-state index contributed by atoms with van der Waals surface area (Å²) in [7, 11) is 0. The van der Waals surface area contributed by atoms with E-state index < -0.39 is 35.0 Å². The second-order valence-electron chi connectivity index (χ2n) is 8.12. The highest BCUT2D eigenvalue weighted by Gasteiger charge is 2.33. The molecule has 220 valence electrons. The molecule has 3 heterocycles. The molecule has 9 nitrogen and oxygen atoms in total. The van der Waals surface area contributed by atoms with E-state index >= 15 is 0 Å². The standard InChI is InChI=1S/C13H9ClF2N4OS.C12H11ClF2N4S/c1-22-12-18-10(14)6-5-17-13(21)20(11(6)19-12)9-7(15)3-2-4-8(9)16;1-20-12-18-10(13)6(5-16)11(19-12)17-9-7(14)3-2-4-8(9)15/h2-4H,5H2,1H3,(H,17,21);2-4H,5,16H2,1H3,(H,17,18,19). The smallest absolute Gasteiger partial charge is 0.328 e. The molecule has 0 saturated carbocycles. The Bertz CT molecular complexity index is 1610. The molecule has 0 radical (unpaired) electrons. The van der Waals surface area contributed by atoms with Crippen LogP contribution < -0.4 is 21.3 Å². The summed E-state index contributed by atoms with van der Waals surface area (Å²) >= 11 is 14.5. The van der Waals surface area contributed by atoms with Crippen molar-refractivity contribution >= 4 is 75.8 Å². The van der Waals surface area contributed by atoms with Gasteiger partial charge < -0.3 is 16.4 Å². The zero-order chi connectivity index (χ0) is 30.6. The van der Waals surface area contributed by atoms with Crippen LogP contribution in [-0.4, -0.2) is 38.5 Å². The first-order chi connectivity index (χ1) is 20.1. The molecule has 2 aromatic carbocycles. The minimum atomic E-state index is -0.872. The number of anilines is 4. The van der Waals surface area contributed by atoms with Gasteiger partial charge in [-0.2, -0.15) is 0 Å². The highest BCUT2D eigenvalue weighted by molar-refractivity contribution is 7.98. The van der Waals surface area contributed by atoms with E-state index in [9.17, 15) is 22.4 Å². The summed E-state index contributed by atoms with van der Waals surface area (Å²) in [6.07, 6.45) is 3.50. The van der Waals surface area contributed by atoms with Crippen LogP contribution in [0.1, 0.15) is 11.1 Å². The Hall–Kier alpha value is -3.37. The molecule has 0 bridgehead atoms. The van der Waals surface area contributed by atoms with Crippen molar-refractivity contribution in [3.8, 4) is 0 Å². The van der Waals surface area contributed by atoms with Crippen LogP contribution in [0.3, 0.4) is 0 Å². The van der Waals surface area contributed by atoms with Gasteiger partial charge in [-0.25, -0.2) is 47.2 Å². The predicted molar refractivity (Wildman–Crippen MR) is 156 cm³/mol. The van der Waals surface area contributed by atoms with Gasteiger partial charge in [0.25, 0.3) is 0 Å². The van der Waals surface area contributed by atoms with Crippen LogP contribution in [0.2, 0.25) is 10.3 Å². The van der Waals surface area contributed by atoms with Crippen LogP contribution in [0.15, 0.2) is 46.7 Å². The molecule has 1 aliphatic rings. The summed E-state index contributed by atoms with van der Waals surface area (Å²) in [6, 6.07) is 6.24. The van der Waals surface area contributed by atoms with E-state index in [-0.39, 0.29) is 40.7 Å². The van der Waals surface area contributed by atoms with Gasteiger partial charge in [-0.15, -0.1) is 0 Å². The number of hydrogen-bond acceptors (Lipinski definition) is 9. The van der Waals surface area contributed by atoms with E-state index in [1.54, 1.807) is 12.5 Å². The fourth-order valence-corrected chi connectivity index (χ4v) is 4.96. The number of aromatic nitrogens is 4. The second kappa shape index (κ2) is 13.7. The van der Waals surface area contributed by atoms with Crippen molar-refractivity contribution in [2.75, 3.05) is 22.7 Å². The third-order valence-electron chi connectivity index (χ3n) is 5.62. The third-order valence-corrected chi connectivity index (χ3v) is 7.34. The number of carbonyl (C=O) groups is 1. The Morgan fingerprint density at radius 3 is 2.02 bits per heavy atom. The maximum atomic E-state index is 14.0.